The molecule has 5 nitrogen and oxygen atoms in total. The van der Waals surface area contributed by atoms with Crippen molar-refractivity contribution in [1.82, 2.24) is 9.91 Å². The molecule has 0 N–H and O–H groups in total. The molecule has 1 heterocycles. The Morgan fingerprint density at radius 2 is 1.82 bits per heavy atom. The first-order valence-corrected chi connectivity index (χ1v) is 12.3. The molecule has 0 radical (unpaired) electrons. The summed E-state index contributed by atoms with van der Waals surface area (Å²) in [5.74, 6) is 0.905. The van der Waals surface area contributed by atoms with E-state index in [1.54, 1.807) is 12.1 Å². The fourth-order valence-electron chi connectivity index (χ4n) is 5.32. The lowest BCUT2D eigenvalue weighted by molar-refractivity contribution is -0.135. The Kier molecular flexibility index (Phi) is 7.49. The van der Waals surface area contributed by atoms with E-state index in [1.807, 2.05) is 12.1 Å². The summed E-state index contributed by atoms with van der Waals surface area (Å²) < 4.78 is 5.34. The van der Waals surface area contributed by atoms with Crippen molar-refractivity contribution in [2.24, 2.45) is 5.10 Å². The largest absolute Gasteiger partial charge is 0.497 e. The van der Waals surface area contributed by atoms with Gasteiger partial charge in [-0.25, -0.2) is 5.01 Å². The Labute approximate surface area is 198 Å². The van der Waals surface area contributed by atoms with Crippen LogP contribution in [0.15, 0.2) is 47.6 Å². The second-order valence-corrected chi connectivity index (χ2v) is 9.45. The summed E-state index contributed by atoms with van der Waals surface area (Å²) >= 11 is 0. The molecule has 2 aromatic rings. The minimum atomic E-state index is -0.0934. The van der Waals surface area contributed by atoms with Gasteiger partial charge >= 0.3 is 0 Å². The molecule has 0 spiro atoms. The highest BCUT2D eigenvalue weighted by Crippen LogP contribution is 2.35. The molecule has 2 aromatic carbocycles. The maximum absolute atomic E-state index is 13.6. The van der Waals surface area contributed by atoms with Gasteiger partial charge in [0.05, 0.1) is 25.4 Å². The van der Waals surface area contributed by atoms with Crippen molar-refractivity contribution in [2.75, 3.05) is 20.2 Å². The normalized spacial score (nSPS) is 19.1. The molecule has 1 aliphatic heterocycles. The number of likely N-dealkylation sites (N-methyl/N-ethyl adjacent to an activating group) is 1. The predicted octanol–water partition coefficient (Wildman–Crippen LogP) is 5.64. The molecule has 0 saturated heterocycles. The fraction of sp³-hybridized carbons (Fsp3) is 0.500. The highest BCUT2D eigenvalue weighted by atomic mass is 16.5. The smallest absolute Gasteiger partial charge is 0.257 e. The Morgan fingerprint density at radius 3 is 2.45 bits per heavy atom. The molecule has 33 heavy (non-hydrogen) atoms. The van der Waals surface area contributed by atoms with Crippen molar-refractivity contribution in [1.29, 1.82) is 0 Å². The van der Waals surface area contributed by atoms with Gasteiger partial charge in [-0.05, 0) is 56.5 Å². The zero-order valence-corrected chi connectivity index (χ0v) is 20.5. The minimum absolute atomic E-state index is 0.0861. The van der Waals surface area contributed by atoms with Crippen LogP contribution < -0.4 is 4.74 Å². The number of ether oxygens (including phenoxy) is 1. The molecule has 176 valence electrons. The molecule has 0 bridgehead atoms. The minimum Gasteiger partial charge on any atom is -0.497 e. The van der Waals surface area contributed by atoms with Crippen molar-refractivity contribution in [3.05, 3.63) is 64.7 Å². The van der Waals surface area contributed by atoms with Gasteiger partial charge in [-0.2, -0.15) is 5.10 Å². The molecule has 5 heteroatoms. The Hall–Kier alpha value is -2.66. The van der Waals surface area contributed by atoms with Crippen molar-refractivity contribution in [3.8, 4) is 5.75 Å². The van der Waals surface area contributed by atoms with E-state index in [4.69, 9.17) is 9.84 Å². The average molecular weight is 448 g/mol. The quantitative estimate of drug-likeness (QED) is 0.551. The standard InChI is InChI=1S/C28H37N3O2/c1-5-30(23-9-7-6-8-10-23)19-28(32)31-27(22-12-14-24(33-4)15-13-22)18-26(29-31)25-16-11-20(2)17-21(25)3/h11-17,23,27H,5-10,18-19H2,1-4H3. The number of nitrogens with zero attached hydrogens (tertiary/aromatic N) is 3. The first-order valence-electron chi connectivity index (χ1n) is 12.3. The number of benzene rings is 2. The van der Waals surface area contributed by atoms with Crippen LogP contribution in [0.25, 0.3) is 0 Å². The first kappa shape index (κ1) is 23.5. The van der Waals surface area contributed by atoms with Crippen LogP contribution in [0.1, 0.15) is 73.7 Å². The number of carbonyl (C=O) groups is 1. The molecule has 1 aliphatic carbocycles. The van der Waals surface area contributed by atoms with E-state index < -0.39 is 0 Å². The molecule has 1 fully saturated rings. The van der Waals surface area contributed by atoms with Gasteiger partial charge in [0.15, 0.2) is 0 Å². The number of methoxy groups -OCH3 is 1. The van der Waals surface area contributed by atoms with E-state index >= 15 is 0 Å². The van der Waals surface area contributed by atoms with Gasteiger partial charge in [0.1, 0.15) is 5.75 Å². The number of aryl methyl sites for hydroxylation is 2. The summed E-state index contributed by atoms with van der Waals surface area (Å²) in [6, 6.07) is 14.9. The molecule has 1 amide bonds. The van der Waals surface area contributed by atoms with Gasteiger partial charge in [0, 0.05) is 18.0 Å². The molecule has 1 unspecified atom stereocenters. The topological polar surface area (TPSA) is 45.1 Å². The number of hydrogen-bond donors (Lipinski definition) is 0. The van der Waals surface area contributed by atoms with Crippen LogP contribution >= 0.6 is 0 Å². The van der Waals surface area contributed by atoms with E-state index in [9.17, 15) is 4.79 Å². The van der Waals surface area contributed by atoms with Gasteiger partial charge in [-0.15, -0.1) is 0 Å². The van der Waals surface area contributed by atoms with E-state index in [0.29, 0.717) is 12.6 Å². The highest BCUT2D eigenvalue weighted by molar-refractivity contribution is 6.04. The zero-order valence-electron chi connectivity index (χ0n) is 20.5. The van der Waals surface area contributed by atoms with Crippen LogP contribution in [0.4, 0.5) is 0 Å². The van der Waals surface area contributed by atoms with Crippen LogP contribution in [0.5, 0.6) is 5.75 Å². The number of amides is 1. The SMILES string of the molecule is CCN(CC(=O)N1N=C(c2ccc(C)cc2C)CC1c1ccc(OC)cc1)C1CCCCC1. The summed E-state index contributed by atoms with van der Waals surface area (Å²) in [6.45, 7) is 7.72. The maximum Gasteiger partial charge on any atom is 0.257 e. The molecule has 0 aromatic heterocycles. The van der Waals surface area contributed by atoms with Crippen molar-refractivity contribution in [2.45, 2.75) is 71.4 Å². The van der Waals surface area contributed by atoms with Crippen LogP contribution in [-0.4, -0.2) is 47.8 Å². The van der Waals surface area contributed by atoms with Crippen LogP contribution in [0.2, 0.25) is 0 Å². The average Bonchev–Trinajstić information content (AvgIpc) is 3.28. The van der Waals surface area contributed by atoms with Gasteiger partial charge in [-0.1, -0.05) is 62.1 Å². The lowest BCUT2D eigenvalue weighted by Gasteiger charge is -2.34. The van der Waals surface area contributed by atoms with Crippen molar-refractivity contribution < 1.29 is 9.53 Å². The Balaban J connectivity index is 1.61. The summed E-state index contributed by atoms with van der Waals surface area (Å²) in [5.41, 5.74) is 5.65. The van der Waals surface area contributed by atoms with Gasteiger partial charge in [0.25, 0.3) is 5.91 Å². The summed E-state index contributed by atoms with van der Waals surface area (Å²) in [4.78, 5) is 16.0. The highest BCUT2D eigenvalue weighted by Gasteiger charge is 2.35. The monoisotopic (exact) mass is 447 g/mol. The summed E-state index contributed by atoms with van der Waals surface area (Å²) in [7, 11) is 1.67. The number of hydrogen-bond acceptors (Lipinski definition) is 4. The van der Waals surface area contributed by atoms with Gasteiger partial charge in [0.2, 0.25) is 0 Å². The zero-order chi connectivity index (χ0) is 23.4. The summed E-state index contributed by atoms with van der Waals surface area (Å²) in [5, 5.41) is 6.68. The van der Waals surface area contributed by atoms with E-state index in [1.165, 1.54) is 43.2 Å². The van der Waals surface area contributed by atoms with Crippen LogP contribution in [0, 0.1) is 13.8 Å². The van der Waals surface area contributed by atoms with Crippen molar-refractivity contribution in [3.63, 3.8) is 0 Å². The molecule has 1 atom stereocenters. The second-order valence-electron chi connectivity index (χ2n) is 9.45. The molecule has 2 aliphatic rings. The third kappa shape index (κ3) is 5.30. The van der Waals surface area contributed by atoms with Gasteiger partial charge in [-0.3, -0.25) is 9.69 Å². The van der Waals surface area contributed by atoms with Gasteiger partial charge < -0.3 is 4.74 Å². The second kappa shape index (κ2) is 10.5. The number of rotatable bonds is 7. The van der Waals surface area contributed by atoms with Crippen molar-refractivity contribution >= 4 is 11.6 Å². The van der Waals surface area contributed by atoms with E-state index in [-0.39, 0.29) is 11.9 Å². The van der Waals surface area contributed by atoms with Crippen LogP contribution in [0.3, 0.4) is 0 Å². The molecule has 1 saturated carbocycles. The number of hydrazone groups is 1. The van der Waals surface area contributed by atoms with E-state index in [2.05, 4.69) is 56.0 Å². The number of carbonyl (C=O) groups excluding carboxylic acids is 1. The third-order valence-corrected chi connectivity index (χ3v) is 7.19. The lowest BCUT2D eigenvalue weighted by atomic mass is 9.94. The molecular formula is C28H37N3O2. The first-order chi connectivity index (χ1) is 16.0. The Morgan fingerprint density at radius 1 is 1.09 bits per heavy atom. The maximum atomic E-state index is 13.6. The summed E-state index contributed by atoms with van der Waals surface area (Å²) in [6.07, 6.45) is 6.96. The van der Waals surface area contributed by atoms with Crippen LogP contribution in [-0.2, 0) is 4.79 Å². The molecular weight excluding hydrogens is 410 g/mol. The van der Waals surface area contributed by atoms with E-state index in [0.717, 1.165) is 35.6 Å². The fourth-order valence-corrected chi connectivity index (χ4v) is 5.32. The Bertz CT molecular complexity index is 993. The predicted molar refractivity (Wildman–Crippen MR) is 134 cm³/mol. The molecule has 4 rings (SSSR count). The third-order valence-electron chi connectivity index (χ3n) is 7.19. The lowest BCUT2D eigenvalue weighted by Crippen LogP contribution is -2.44.